The van der Waals surface area contributed by atoms with Gasteiger partial charge in [0.2, 0.25) is 5.91 Å². The second-order valence-electron chi connectivity index (χ2n) is 4.98. The SMILES string of the molecule is O=C(O)C1CCN(C(=O)CNc2ccc(F)c(Br)c2)CC1. The van der Waals surface area contributed by atoms with Crippen molar-refractivity contribution in [2.24, 2.45) is 5.92 Å². The molecule has 0 aliphatic carbocycles. The van der Waals surface area contributed by atoms with Crippen LogP contribution in [-0.4, -0.2) is 41.5 Å². The maximum Gasteiger partial charge on any atom is 0.306 e. The fraction of sp³-hybridized carbons (Fsp3) is 0.429. The van der Waals surface area contributed by atoms with Crippen molar-refractivity contribution in [3.63, 3.8) is 0 Å². The molecule has 0 aromatic heterocycles. The van der Waals surface area contributed by atoms with Crippen molar-refractivity contribution in [2.75, 3.05) is 25.0 Å². The number of likely N-dealkylation sites (tertiary alicyclic amines) is 1. The van der Waals surface area contributed by atoms with Crippen molar-refractivity contribution in [1.29, 1.82) is 0 Å². The highest BCUT2D eigenvalue weighted by molar-refractivity contribution is 9.10. The first-order valence-electron chi connectivity index (χ1n) is 6.67. The lowest BCUT2D eigenvalue weighted by Crippen LogP contribution is -2.42. The van der Waals surface area contributed by atoms with Gasteiger partial charge in [0.15, 0.2) is 0 Å². The maximum absolute atomic E-state index is 13.1. The van der Waals surface area contributed by atoms with Crippen LogP contribution in [0.2, 0.25) is 0 Å². The number of rotatable bonds is 4. The van der Waals surface area contributed by atoms with E-state index in [0.717, 1.165) is 0 Å². The number of amides is 1. The van der Waals surface area contributed by atoms with Gasteiger partial charge in [0.1, 0.15) is 5.82 Å². The molecule has 5 nitrogen and oxygen atoms in total. The predicted molar refractivity (Wildman–Crippen MR) is 79.5 cm³/mol. The van der Waals surface area contributed by atoms with Gasteiger partial charge in [-0.25, -0.2) is 4.39 Å². The zero-order valence-corrected chi connectivity index (χ0v) is 12.9. The molecule has 21 heavy (non-hydrogen) atoms. The first-order chi connectivity index (χ1) is 9.97. The Kier molecular flexibility index (Phi) is 5.17. The van der Waals surface area contributed by atoms with Crippen LogP contribution in [0, 0.1) is 11.7 Å². The molecule has 2 N–H and O–H groups in total. The number of benzene rings is 1. The topological polar surface area (TPSA) is 69.6 Å². The molecule has 1 fully saturated rings. The lowest BCUT2D eigenvalue weighted by Gasteiger charge is -2.30. The molecular weight excluding hydrogens is 343 g/mol. The molecule has 0 unspecified atom stereocenters. The zero-order chi connectivity index (χ0) is 15.4. The molecule has 0 spiro atoms. The summed E-state index contributed by atoms with van der Waals surface area (Å²) in [7, 11) is 0. The van der Waals surface area contributed by atoms with E-state index in [-0.39, 0.29) is 24.2 Å². The second-order valence-corrected chi connectivity index (χ2v) is 5.83. The zero-order valence-electron chi connectivity index (χ0n) is 11.3. The molecule has 7 heteroatoms. The fourth-order valence-electron chi connectivity index (χ4n) is 2.27. The van der Waals surface area contributed by atoms with Gasteiger partial charge < -0.3 is 15.3 Å². The number of carbonyl (C=O) groups excluding carboxylic acids is 1. The van der Waals surface area contributed by atoms with E-state index < -0.39 is 5.97 Å². The van der Waals surface area contributed by atoms with Gasteiger partial charge in [-0.1, -0.05) is 0 Å². The molecule has 1 aliphatic rings. The lowest BCUT2D eigenvalue weighted by molar-refractivity contribution is -0.145. The number of piperidine rings is 1. The highest BCUT2D eigenvalue weighted by Crippen LogP contribution is 2.20. The van der Waals surface area contributed by atoms with Crippen LogP contribution in [0.3, 0.4) is 0 Å². The summed E-state index contributed by atoms with van der Waals surface area (Å²) in [6.07, 6.45) is 0.979. The predicted octanol–water partition coefficient (Wildman–Crippen LogP) is 2.32. The molecule has 0 saturated carbocycles. The number of hydrogen-bond acceptors (Lipinski definition) is 3. The number of hydrogen-bond donors (Lipinski definition) is 2. The highest BCUT2D eigenvalue weighted by atomic mass is 79.9. The molecule has 114 valence electrons. The Morgan fingerprint density at radius 1 is 1.38 bits per heavy atom. The van der Waals surface area contributed by atoms with Gasteiger partial charge in [0.25, 0.3) is 0 Å². The van der Waals surface area contributed by atoms with Crippen molar-refractivity contribution in [3.05, 3.63) is 28.5 Å². The lowest BCUT2D eigenvalue weighted by atomic mass is 9.97. The molecule has 1 aromatic carbocycles. The Balaban J connectivity index is 1.82. The monoisotopic (exact) mass is 358 g/mol. The van der Waals surface area contributed by atoms with Crippen molar-refractivity contribution in [2.45, 2.75) is 12.8 Å². The summed E-state index contributed by atoms with van der Waals surface area (Å²) in [5.74, 6) is -1.59. The Hall–Kier alpha value is -1.63. The molecule has 1 aromatic rings. The summed E-state index contributed by atoms with van der Waals surface area (Å²) in [5.41, 5.74) is 0.650. The Morgan fingerprint density at radius 2 is 2.05 bits per heavy atom. The van der Waals surface area contributed by atoms with Crippen LogP contribution in [0.25, 0.3) is 0 Å². The average molecular weight is 359 g/mol. The number of nitrogens with zero attached hydrogens (tertiary/aromatic N) is 1. The minimum atomic E-state index is -0.795. The molecule has 1 amide bonds. The molecule has 1 aliphatic heterocycles. The van der Waals surface area contributed by atoms with Crippen LogP contribution in [0.5, 0.6) is 0 Å². The molecule has 1 heterocycles. The van der Waals surface area contributed by atoms with Crippen molar-refractivity contribution in [1.82, 2.24) is 4.90 Å². The maximum atomic E-state index is 13.1. The van der Waals surface area contributed by atoms with E-state index in [1.165, 1.54) is 6.07 Å². The van der Waals surface area contributed by atoms with E-state index in [2.05, 4.69) is 21.2 Å². The number of nitrogens with one attached hydrogen (secondary N) is 1. The standard InChI is InChI=1S/C14H16BrFN2O3/c15-11-7-10(1-2-12(11)16)17-8-13(19)18-5-3-9(4-6-18)14(20)21/h1-2,7,9,17H,3-6,8H2,(H,20,21). The fourth-order valence-corrected chi connectivity index (χ4v) is 2.65. The third kappa shape index (κ3) is 4.17. The first kappa shape index (κ1) is 15.8. The van der Waals surface area contributed by atoms with Gasteiger partial charge in [-0.2, -0.15) is 0 Å². The van der Waals surface area contributed by atoms with Crippen molar-refractivity contribution in [3.8, 4) is 0 Å². The molecular formula is C14H16BrFN2O3. The van der Waals surface area contributed by atoms with Gasteiger partial charge in [0, 0.05) is 18.8 Å². The number of carboxylic acid groups (broad SMARTS) is 1. The molecule has 0 radical (unpaired) electrons. The van der Waals surface area contributed by atoms with Crippen molar-refractivity contribution < 1.29 is 19.1 Å². The summed E-state index contributed by atoms with van der Waals surface area (Å²) < 4.78 is 13.4. The highest BCUT2D eigenvalue weighted by Gasteiger charge is 2.26. The van der Waals surface area contributed by atoms with Crippen LogP contribution in [0.4, 0.5) is 10.1 Å². The van der Waals surface area contributed by atoms with Gasteiger partial charge in [0.05, 0.1) is 16.9 Å². The van der Waals surface area contributed by atoms with Gasteiger partial charge >= 0.3 is 5.97 Å². The van der Waals surface area contributed by atoms with Crippen LogP contribution in [0.15, 0.2) is 22.7 Å². The van der Waals surface area contributed by atoms with E-state index in [1.807, 2.05) is 0 Å². The van der Waals surface area contributed by atoms with E-state index in [9.17, 15) is 14.0 Å². The van der Waals surface area contributed by atoms with Gasteiger partial charge in [-0.3, -0.25) is 9.59 Å². The minimum Gasteiger partial charge on any atom is -0.481 e. The minimum absolute atomic E-state index is 0.0840. The van der Waals surface area contributed by atoms with Crippen LogP contribution < -0.4 is 5.32 Å². The molecule has 2 rings (SSSR count). The summed E-state index contributed by atoms with van der Waals surface area (Å²) >= 11 is 3.08. The number of carbonyl (C=O) groups is 2. The number of carboxylic acids is 1. The van der Waals surface area contributed by atoms with E-state index in [4.69, 9.17) is 5.11 Å². The molecule has 1 saturated heterocycles. The second kappa shape index (κ2) is 6.89. The quantitative estimate of drug-likeness (QED) is 0.866. The Morgan fingerprint density at radius 3 is 2.62 bits per heavy atom. The number of anilines is 1. The van der Waals surface area contributed by atoms with Gasteiger partial charge in [-0.05, 0) is 47.0 Å². The number of halogens is 2. The summed E-state index contributed by atoms with van der Waals surface area (Å²) in [5, 5.41) is 11.9. The number of aliphatic carboxylic acids is 1. The normalized spacial score (nSPS) is 15.8. The van der Waals surface area contributed by atoms with E-state index >= 15 is 0 Å². The Bertz CT molecular complexity index is 545. The summed E-state index contributed by atoms with van der Waals surface area (Å²) in [6, 6.07) is 4.44. The summed E-state index contributed by atoms with van der Waals surface area (Å²) in [6.45, 7) is 1.03. The van der Waals surface area contributed by atoms with Crippen molar-refractivity contribution >= 4 is 33.5 Å². The van der Waals surface area contributed by atoms with E-state index in [1.54, 1.807) is 17.0 Å². The van der Waals surface area contributed by atoms with Gasteiger partial charge in [-0.15, -0.1) is 0 Å². The first-order valence-corrected chi connectivity index (χ1v) is 7.46. The largest absolute Gasteiger partial charge is 0.481 e. The summed E-state index contributed by atoms with van der Waals surface area (Å²) in [4.78, 5) is 24.5. The van der Waals surface area contributed by atoms with E-state index in [0.29, 0.717) is 36.1 Å². The average Bonchev–Trinajstić information content (AvgIpc) is 2.48. The third-order valence-corrected chi connectivity index (χ3v) is 4.17. The smallest absolute Gasteiger partial charge is 0.306 e. The Labute approximate surface area is 130 Å². The third-order valence-electron chi connectivity index (χ3n) is 3.56. The molecule has 0 atom stereocenters. The van der Waals surface area contributed by atoms with Crippen LogP contribution in [-0.2, 0) is 9.59 Å². The van der Waals surface area contributed by atoms with Crippen LogP contribution in [0.1, 0.15) is 12.8 Å². The molecule has 0 bridgehead atoms. The van der Waals surface area contributed by atoms with Crippen LogP contribution >= 0.6 is 15.9 Å².